The quantitative estimate of drug-likeness (QED) is 0.559. The number of amides is 2. The van der Waals surface area contributed by atoms with Gasteiger partial charge in [-0.1, -0.05) is 36.4 Å². The summed E-state index contributed by atoms with van der Waals surface area (Å²) in [6.45, 7) is 3.65. The molecule has 1 N–H and O–H groups in total. The third-order valence-electron chi connectivity index (χ3n) is 6.31. The summed E-state index contributed by atoms with van der Waals surface area (Å²) in [7, 11) is -3.10. The number of hydrogen-bond acceptors (Lipinski definition) is 5. The van der Waals surface area contributed by atoms with Gasteiger partial charge in [0.05, 0.1) is 22.9 Å². The molecule has 35 heavy (non-hydrogen) atoms. The summed E-state index contributed by atoms with van der Waals surface area (Å²) < 4.78 is 23.7. The lowest BCUT2D eigenvalue weighted by Crippen LogP contribution is -2.44. The third-order valence-corrected chi connectivity index (χ3v) is 8.03. The number of rotatable bonds is 6. The van der Waals surface area contributed by atoms with Crippen molar-refractivity contribution in [3.63, 3.8) is 0 Å². The molecule has 0 unspecified atom stereocenters. The summed E-state index contributed by atoms with van der Waals surface area (Å²) in [5, 5.41) is 2.88. The van der Waals surface area contributed by atoms with Crippen LogP contribution >= 0.6 is 0 Å². The molecule has 1 aliphatic rings. The van der Waals surface area contributed by atoms with Gasteiger partial charge in [0.25, 0.3) is 0 Å². The van der Waals surface area contributed by atoms with Crippen molar-refractivity contribution >= 4 is 33.0 Å². The number of carbonyl (C=O) groups is 2. The lowest BCUT2D eigenvalue weighted by molar-refractivity contribution is -0.124. The van der Waals surface area contributed by atoms with E-state index in [0.29, 0.717) is 11.4 Å². The number of aromatic nitrogens is 1. The summed E-state index contributed by atoms with van der Waals surface area (Å²) in [6.07, 6.45) is 2.28. The smallest absolute Gasteiger partial charge is 0.244 e. The largest absolute Gasteiger partial charge is 0.325 e. The number of sulfone groups is 1. The number of hydrogen-bond donors (Lipinski definition) is 1. The summed E-state index contributed by atoms with van der Waals surface area (Å²) >= 11 is 0. The number of nitrogens with zero attached hydrogens (tertiary/aromatic N) is 2. The van der Waals surface area contributed by atoms with Gasteiger partial charge in [0.2, 0.25) is 11.8 Å². The van der Waals surface area contributed by atoms with Gasteiger partial charge in [-0.3, -0.25) is 14.6 Å². The van der Waals surface area contributed by atoms with E-state index in [9.17, 15) is 18.0 Å². The van der Waals surface area contributed by atoms with Crippen molar-refractivity contribution in [1.82, 2.24) is 4.98 Å². The van der Waals surface area contributed by atoms with Crippen molar-refractivity contribution in [1.29, 1.82) is 0 Å². The van der Waals surface area contributed by atoms with Gasteiger partial charge in [-0.05, 0) is 62.1 Å². The molecule has 0 radical (unpaired) electrons. The van der Waals surface area contributed by atoms with Crippen molar-refractivity contribution in [2.75, 3.05) is 28.3 Å². The molecular formula is C27H29N3O4S. The number of aryl methyl sites for hydroxylation is 2. The fraction of sp³-hybridized carbons (Fsp3) is 0.296. The van der Waals surface area contributed by atoms with E-state index < -0.39 is 15.8 Å². The Morgan fingerprint density at radius 3 is 2.20 bits per heavy atom. The fourth-order valence-corrected chi connectivity index (χ4v) is 5.95. The van der Waals surface area contributed by atoms with Gasteiger partial charge in [0.1, 0.15) is 16.4 Å². The molecule has 2 amide bonds. The van der Waals surface area contributed by atoms with Gasteiger partial charge >= 0.3 is 0 Å². The van der Waals surface area contributed by atoms with Crippen LogP contribution in [0.2, 0.25) is 0 Å². The van der Waals surface area contributed by atoms with Gasteiger partial charge in [-0.15, -0.1) is 0 Å². The Balaban J connectivity index is 1.53. The van der Waals surface area contributed by atoms with E-state index in [1.54, 1.807) is 18.3 Å². The van der Waals surface area contributed by atoms with E-state index in [1.165, 1.54) is 4.90 Å². The van der Waals surface area contributed by atoms with Crippen LogP contribution in [0, 0.1) is 19.8 Å². The van der Waals surface area contributed by atoms with Crippen LogP contribution in [0.3, 0.4) is 0 Å². The molecule has 182 valence electrons. The van der Waals surface area contributed by atoms with Gasteiger partial charge in [-0.25, -0.2) is 8.42 Å². The first-order chi connectivity index (χ1) is 16.7. The van der Waals surface area contributed by atoms with E-state index >= 15 is 0 Å². The standard InChI is InChI=1S/C27H29N3O4S/c1-19-6-5-7-20(2)26(19)30(27(32)22-13-16-35(33,34)17-14-22)18-25(31)29-23-11-9-21(10-12-23)24-8-3-4-15-28-24/h3-12,15,22H,13-14,16-18H2,1-2H3,(H,29,31). The van der Waals surface area contributed by atoms with Crippen LogP contribution in [0.5, 0.6) is 0 Å². The number of benzene rings is 2. The molecule has 0 atom stereocenters. The average Bonchev–Trinajstić information content (AvgIpc) is 2.84. The number of nitrogens with one attached hydrogen (secondary N) is 1. The first kappa shape index (κ1) is 24.6. The maximum atomic E-state index is 13.5. The fourth-order valence-electron chi connectivity index (χ4n) is 4.46. The Kier molecular flexibility index (Phi) is 7.31. The van der Waals surface area contributed by atoms with Crippen LogP contribution in [-0.2, 0) is 19.4 Å². The lowest BCUT2D eigenvalue weighted by Gasteiger charge is -2.31. The number of pyridine rings is 1. The number of para-hydroxylation sites is 1. The summed E-state index contributed by atoms with van der Waals surface area (Å²) in [4.78, 5) is 32.4. The molecule has 1 aliphatic heterocycles. The highest BCUT2D eigenvalue weighted by Crippen LogP contribution is 2.29. The van der Waals surface area contributed by atoms with Crippen LogP contribution in [-0.4, -0.2) is 43.3 Å². The van der Waals surface area contributed by atoms with E-state index in [0.717, 1.165) is 22.4 Å². The van der Waals surface area contributed by atoms with Crippen molar-refractivity contribution < 1.29 is 18.0 Å². The lowest BCUT2D eigenvalue weighted by atomic mass is 9.99. The Morgan fingerprint density at radius 1 is 0.943 bits per heavy atom. The van der Waals surface area contributed by atoms with Crippen molar-refractivity contribution in [2.45, 2.75) is 26.7 Å². The zero-order valence-corrected chi connectivity index (χ0v) is 20.7. The minimum atomic E-state index is -3.10. The first-order valence-electron chi connectivity index (χ1n) is 11.6. The van der Waals surface area contributed by atoms with E-state index in [2.05, 4.69) is 10.3 Å². The second-order valence-corrected chi connectivity index (χ2v) is 11.2. The summed E-state index contributed by atoms with van der Waals surface area (Å²) in [5.74, 6) is -0.964. The molecule has 4 rings (SSSR count). The average molecular weight is 492 g/mol. The topological polar surface area (TPSA) is 96.4 Å². The van der Waals surface area contributed by atoms with Gasteiger partial charge < -0.3 is 10.2 Å². The predicted molar refractivity (Wildman–Crippen MR) is 138 cm³/mol. The second-order valence-electron chi connectivity index (χ2n) is 8.93. The van der Waals surface area contributed by atoms with Crippen molar-refractivity contribution in [3.05, 3.63) is 78.0 Å². The normalized spacial score (nSPS) is 15.4. The third kappa shape index (κ3) is 5.95. The van der Waals surface area contributed by atoms with Gasteiger partial charge in [0.15, 0.2) is 0 Å². The van der Waals surface area contributed by atoms with Gasteiger partial charge in [-0.2, -0.15) is 0 Å². The Bertz CT molecular complexity index is 1290. The molecule has 3 aromatic rings. The van der Waals surface area contributed by atoms with Crippen molar-refractivity contribution in [3.8, 4) is 11.3 Å². The maximum Gasteiger partial charge on any atom is 0.244 e. The molecule has 2 heterocycles. The molecule has 0 aliphatic carbocycles. The summed E-state index contributed by atoms with van der Waals surface area (Å²) in [6, 6.07) is 18.8. The minimum absolute atomic E-state index is 0.00117. The minimum Gasteiger partial charge on any atom is -0.325 e. The molecule has 1 saturated heterocycles. The van der Waals surface area contributed by atoms with Crippen molar-refractivity contribution in [2.24, 2.45) is 5.92 Å². The monoisotopic (exact) mass is 491 g/mol. The SMILES string of the molecule is Cc1cccc(C)c1N(CC(=O)Nc1ccc(-c2ccccn2)cc1)C(=O)C1CCS(=O)(=O)CC1. The maximum absolute atomic E-state index is 13.5. The zero-order chi connectivity index (χ0) is 25.0. The predicted octanol–water partition coefficient (Wildman–Crippen LogP) is 4.16. The van der Waals surface area contributed by atoms with Crippen LogP contribution in [0.25, 0.3) is 11.3 Å². The Hall–Kier alpha value is -3.52. The molecule has 7 nitrogen and oxygen atoms in total. The number of anilines is 2. The highest BCUT2D eigenvalue weighted by molar-refractivity contribution is 7.91. The van der Waals surface area contributed by atoms with Crippen LogP contribution in [0.4, 0.5) is 11.4 Å². The molecule has 0 saturated carbocycles. The highest BCUT2D eigenvalue weighted by Gasteiger charge is 2.33. The molecule has 0 spiro atoms. The number of carbonyl (C=O) groups excluding carboxylic acids is 2. The Labute approximate surface area is 206 Å². The van der Waals surface area contributed by atoms with Crippen LogP contribution < -0.4 is 10.2 Å². The van der Waals surface area contributed by atoms with Crippen LogP contribution in [0.1, 0.15) is 24.0 Å². The van der Waals surface area contributed by atoms with Crippen LogP contribution in [0.15, 0.2) is 66.9 Å². The van der Waals surface area contributed by atoms with E-state index in [4.69, 9.17) is 0 Å². The molecule has 2 aromatic carbocycles. The molecular weight excluding hydrogens is 462 g/mol. The molecule has 1 aromatic heterocycles. The summed E-state index contributed by atoms with van der Waals surface area (Å²) in [5.41, 5.74) is 4.86. The molecule has 0 bridgehead atoms. The highest BCUT2D eigenvalue weighted by atomic mass is 32.2. The van der Waals surface area contributed by atoms with E-state index in [1.807, 2.05) is 62.4 Å². The van der Waals surface area contributed by atoms with Gasteiger partial charge in [0, 0.05) is 23.4 Å². The Morgan fingerprint density at radius 2 is 1.60 bits per heavy atom. The molecule has 8 heteroatoms. The van der Waals surface area contributed by atoms with E-state index in [-0.39, 0.29) is 42.7 Å². The zero-order valence-electron chi connectivity index (χ0n) is 19.9. The molecule has 1 fully saturated rings. The first-order valence-corrected chi connectivity index (χ1v) is 13.4. The second kappa shape index (κ2) is 10.4.